The zero-order chi connectivity index (χ0) is 20.7. The van der Waals surface area contributed by atoms with Gasteiger partial charge in [0.1, 0.15) is 12.1 Å². The Morgan fingerprint density at radius 2 is 1.82 bits per heavy atom. The van der Waals surface area contributed by atoms with E-state index in [4.69, 9.17) is 5.11 Å². The standard InChI is InChI=1S/C18H22N4O5S/c1-19-17(26)13(6-10-8-20-12-5-3-2-4-11(10)12)22-18(27)14(7-16(24)25)21-15(23)9-28/h2-5,8,13-14,20,28H,6-7,9H2,1H3,(H,19,26)(H,21,23)(H,22,27)(H,24,25)/t13-,14?/m0/s1. The lowest BCUT2D eigenvalue weighted by Crippen LogP contribution is -2.54. The van der Waals surface area contributed by atoms with Gasteiger partial charge in [-0.15, -0.1) is 0 Å². The van der Waals surface area contributed by atoms with Gasteiger partial charge in [-0.1, -0.05) is 18.2 Å². The number of fused-ring (bicyclic) bond motifs is 1. The van der Waals surface area contributed by atoms with Gasteiger partial charge in [0.25, 0.3) is 0 Å². The molecule has 0 radical (unpaired) electrons. The second kappa shape index (κ2) is 9.79. The average molecular weight is 406 g/mol. The van der Waals surface area contributed by atoms with Crippen LogP contribution >= 0.6 is 12.6 Å². The van der Waals surface area contributed by atoms with Crippen molar-refractivity contribution in [3.63, 3.8) is 0 Å². The minimum Gasteiger partial charge on any atom is -0.481 e. The Hall–Kier alpha value is -3.01. The highest BCUT2D eigenvalue weighted by Gasteiger charge is 2.28. The Labute approximate surface area is 166 Å². The Bertz CT molecular complexity index is 882. The van der Waals surface area contributed by atoms with Gasteiger partial charge in [0.05, 0.1) is 12.2 Å². The van der Waals surface area contributed by atoms with Gasteiger partial charge in [-0.05, 0) is 11.6 Å². The molecule has 2 atom stereocenters. The van der Waals surface area contributed by atoms with Crippen LogP contribution < -0.4 is 16.0 Å². The molecule has 1 unspecified atom stereocenters. The second-order valence-corrected chi connectivity index (χ2v) is 6.43. The van der Waals surface area contributed by atoms with Crippen molar-refractivity contribution in [2.24, 2.45) is 0 Å². The maximum Gasteiger partial charge on any atom is 0.305 e. The van der Waals surface area contributed by atoms with Gasteiger partial charge in [0.15, 0.2) is 0 Å². The van der Waals surface area contributed by atoms with Gasteiger partial charge >= 0.3 is 5.97 Å². The van der Waals surface area contributed by atoms with Crippen LogP contribution in [0, 0.1) is 0 Å². The van der Waals surface area contributed by atoms with Crippen LogP contribution in [0.5, 0.6) is 0 Å². The molecule has 0 aliphatic carbocycles. The number of nitrogens with one attached hydrogen (secondary N) is 4. The number of thiol groups is 1. The number of carbonyl (C=O) groups is 4. The number of carbonyl (C=O) groups excluding carboxylic acids is 3. The molecule has 3 amide bonds. The molecule has 1 heterocycles. The molecule has 2 aromatic rings. The fraction of sp³-hybridized carbons (Fsp3) is 0.333. The number of benzene rings is 1. The molecule has 0 saturated carbocycles. The summed E-state index contributed by atoms with van der Waals surface area (Å²) in [5.41, 5.74) is 1.71. The predicted octanol–water partition coefficient (Wildman–Crippen LogP) is -0.170. The maximum absolute atomic E-state index is 12.6. The minimum absolute atomic E-state index is 0.190. The monoisotopic (exact) mass is 406 g/mol. The van der Waals surface area contributed by atoms with Crippen molar-refractivity contribution in [1.29, 1.82) is 0 Å². The lowest BCUT2D eigenvalue weighted by Gasteiger charge is -2.21. The summed E-state index contributed by atoms with van der Waals surface area (Å²) in [6.45, 7) is 0. The number of aromatic amines is 1. The summed E-state index contributed by atoms with van der Waals surface area (Å²) in [6, 6.07) is 5.27. The Morgan fingerprint density at radius 1 is 1.11 bits per heavy atom. The zero-order valence-corrected chi connectivity index (χ0v) is 16.1. The predicted molar refractivity (Wildman–Crippen MR) is 106 cm³/mol. The molecule has 2 rings (SSSR count). The number of aromatic nitrogens is 1. The number of hydrogen-bond donors (Lipinski definition) is 6. The maximum atomic E-state index is 12.6. The fourth-order valence-corrected chi connectivity index (χ4v) is 2.89. The Balaban J connectivity index is 2.19. The molecule has 0 spiro atoms. The summed E-state index contributed by atoms with van der Waals surface area (Å²) in [4.78, 5) is 50.5. The first-order valence-electron chi connectivity index (χ1n) is 8.54. The number of hydrogen-bond acceptors (Lipinski definition) is 5. The normalized spacial score (nSPS) is 12.8. The van der Waals surface area contributed by atoms with Crippen LogP contribution in [-0.4, -0.2) is 58.7 Å². The molecule has 150 valence electrons. The highest BCUT2D eigenvalue weighted by atomic mass is 32.1. The average Bonchev–Trinajstić information content (AvgIpc) is 3.08. The topological polar surface area (TPSA) is 140 Å². The summed E-state index contributed by atoms with van der Waals surface area (Å²) >= 11 is 3.80. The van der Waals surface area contributed by atoms with E-state index in [1.54, 1.807) is 6.20 Å². The number of amides is 3. The van der Waals surface area contributed by atoms with Crippen molar-refractivity contribution in [3.05, 3.63) is 36.0 Å². The number of rotatable bonds is 9. The molecular formula is C18H22N4O5S. The lowest BCUT2D eigenvalue weighted by molar-refractivity contribution is -0.140. The van der Waals surface area contributed by atoms with E-state index in [2.05, 4.69) is 33.6 Å². The third kappa shape index (κ3) is 5.49. The van der Waals surface area contributed by atoms with E-state index in [1.165, 1.54) is 7.05 Å². The van der Waals surface area contributed by atoms with Gasteiger partial charge in [0, 0.05) is 30.6 Å². The Kier molecular flexibility index (Phi) is 7.44. The molecule has 28 heavy (non-hydrogen) atoms. The van der Waals surface area contributed by atoms with Crippen LogP contribution in [0.3, 0.4) is 0 Å². The first-order valence-corrected chi connectivity index (χ1v) is 9.18. The number of para-hydroxylation sites is 1. The van der Waals surface area contributed by atoms with Crippen LogP contribution in [0.25, 0.3) is 10.9 Å². The van der Waals surface area contributed by atoms with E-state index in [-0.39, 0.29) is 12.2 Å². The van der Waals surface area contributed by atoms with Crippen molar-refractivity contribution in [2.75, 3.05) is 12.8 Å². The fourth-order valence-electron chi connectivity index (χ4n) is 2.80. The summed E-state index contributed by atoms with van der Waals surface area (Å²) in [5.74, 6) is -3.23. The van der Waals surface area contributed by atoms with Crippen LogP contribution in [-0.2, 0) is 25.6 Å². The second-order valence-electron chi connectivity index (χ2n) is 6.12. The molecule has 0 aliphatic rings. The molecule has 9 nitrogen and oxygen atoms in total. The van der Waals surface area contributed by atoms with Crippen molar-refractivity contribution < 1.29 is 24.3 Å². The number of H-pyrrole nitrogens is 1. The van der Waals surface area contributed by atoms with Gasteiger partial charge in [-0.3, -0.25) is 19.2 Å². The van der Waals surface area contributed by atoms with Crippen LogP contribution in [0.1, 0.15) is 12.0 Å². The van der Waals surface area contributed by atoms with E-state index >= 15 is 0 Å². The van der Waals surface area contributed by atoms with E-state index in [0.717, 1.165) is 16.5 Å². The molecule has 1 aromatic heterocycles. The van der Waals surface area contributed by atoms with Crippen LogP contribution in [0.4, 0.5) is 0 Å². The van der Waals surface area contributed by atoms with Gasteiger partial charge in [-0.2, -0.15) is 12.6 Å². The van der Waals surface area contributed by atoms with Gasteiger partial charge in [0.2, 0.25) is 17.7 Å². The highest BCUT2D eigenvalue weighted by molar-refractivity contribution is 7.81. The lowest BCUT2D eigenvalue weighted by atomic mass is 10.0. The van der Waals surface area contributed by atoms with Crippen molar-refractivity contribution >= 4 is 47.2 Å². The summed E-state index contributed by atoms with van der Waals surface area (Å²) < 4.78 is 0. The van der Waals surface area contributed by atoms with Gasteiger partial charge in [-0.25, -0.2) is 0 Å². The van der Waals surface area contributed by atoms with Crippen molar-refractivity contribution in [3.8, 4) is 0 Å². The van der Waals surface area contributed by atoms with E-state index < -0.39 is 42.2 Å². The molecule has 0 fully saturated rings. The van der Waals surface area contributed by atoms with E-state index in [1.807, 2.05) is 24.3 Å². The number of likely N-dealkylation sites (N-methyl/N-ethyl adjacent to an activating group) is 1. The Morgan fingerprint density at radius 3 is 2.46 bits per heavy atom. The SMILES string of the molecule is CNC(=O)[C@H](Cc1c[nH]c2ccccc12)NC(=O)C(CC(=O)O)NC(=O)CS. The number of carboxylic acid groups (broad SMARTS) is 1. The molecule has 0 aliphatic heterocycles. The molecule has 0 saturated heterocycles. The van der Waals surface area contributed by atoms with Crippen molar-refractivity contribution in [2.45, 2.75) is 24.9 Å². The summed E-state index contributed by atoms with van der Waals surface area (Å²) in [7, 11) is 1.44. The molecular weight excluding hydrogens is 384 g/mol. The summed E-state index contributed by atoms with van der Waals surface area (Å²) in [5, 5.41) is 17.2. The van der Waals surface area contributed by atoms with Crippen molar-refractivity contribution in [1.82, 2.24) is 20.9 Å². The molecule has 5 N–H and O–H groups in total. The van der Waals surface area contributed by atoms with Gasteiger partial charge < -0.3 is 26.0 Å². The first-order chi connectivity index (χ1) is 13.3. The molecule has 1 aromatic carbocycles. The third-order valence-corrected chi connectivity index (χ3v) is 4.44. The molecule has 0 bridgehead atoms. The quantitative estimate of drug-likeness (QED) is 0.321. The van der Waals surface area contributed by atoms with E-state index in [0.29, 0.717) is 0 Å². The van der Waals surface area contributed by atoms with Crippen LogP contribution in [0.2, 0.25) is 0 Å². The molecule has 10 heteroatoms. The summed E-state index contributed by atoms with van der Waals surface area (Å²) in [6.07, 6.45) is 1.33. The number of carboxylic acids is 1. The first kappa shape index (κ1) is 21.3. The zero-order valence-electron chi connectivity index (χ0n) is 15.2. The largest absolute Gasteiger partial charge is 0.481 e. The highest BCUT2D eigenvalue weighted by Crippen LogP contribution is 2.19. The smallest absolute Gasteiger partial charge is 0.305 e. The van der Waals surface area contributed by atoms with E-state index in [9.17, 15) is 19.2 Å². The third-order valence-electron chi connectivity index (χ3n) is 4.15. The minimum atomic E-state index is -1.31. The van der Waals surface area contributed by atoms with Crippen LogP contribution in [0.15, 0.2) is 30.5 Å². The number of aliphatic carboxylic acids is 1.